The molecule has 1 saturated heterocycles. The fraction of sp³-hybridized carbons (Fsp3) is 1.00. The van der Waals surface area contributed by atoms with Crippen LogP contribution in [0.25, 0.3) is 0 Å². The molecule has 1 aliphatic carbocycles. The molecule has 112 valence electrons. The zero-order valence-corrected chi connectivity index (χ0v) is 13.0. The number of nitrogens with zero attached hydrogens (tertiary/aromatic N) is 2. The van der Waals surface area contributed by atoms with Crippen molar-refractivity contribution in [3.63, 3.8) is 0 Å². The number of hydrogen-bond donors (Lipinski definition) is 1. The standard InChI is InChI=1S/C16H33N3/c1-18-11-8-16(9-12-18)19(2)13-10-17-14-15-6-4-3-5-7-15/h15-17H,3-14H2,1-2H3. The van der Waals surface area contributed by atoms with E-state index < -0.39 is 0 Å². The first-order valence-electron chi connectivity index (χ1n) is 8.35. The normalized spacial score (nSPS) is 24.2. The highest BCUT2D eigenvalue weighted by molar-refractivity contribution is 4.77. The molecule has 19 heavy (non-hydrogen) atoms. The van der Waals surface area contributed by atoms with Gasteiger partial charge in [0.15, 0.2) is 0 Å². The SMILES string of the molecule is CN1CCC(N(C)CCNCC2CCCCC2)CC1. The van der Waals surface area contributed by atoms with Gasteiger partial charge >= 0.3 is 0 Å². The van der Waals surface area contributed by atoms with Crippen LogP contribution < -0.4 is 5.32 Å². The number of rotatable bonds is 6. The van der Waals surface area contributed by atoms with Crippen LogP contribution in [0.3, 0.4) is 0 Å². The number of nitrogens with one attached hydrogen (secondary N) is 1. The lowest BCUT2D eigenvalue weighted by molar-refractivity contribution is 0.144. The maximum Gasteiger partial charge on any atom is 0.0117 e. The number of piperidine rings is 1. The molecule has 0 radical (unpaired) electrons. The Balaban J connectivity index is 1.52. The van der Waals surface area contributed by atoms with E-state index in [4.69, 9.17) is 0 Å². The molecule has 3 heteroatoms. The number of likely N-dealkylation sites (N-methyl/N-ethyl adjacent to an activating group) is 1. The summed E-state index contributed by atoms with van der Waals surface area (Å²) in [5, 5.41) is 3.68. The predicted molar refractivity (Wildman–Crippen MR) is 82.6 cm³/mol. The average Bonchev–Trinajstić information content (AvgIpc) is 2.45. The summed E-state index contributed by atoms with van der Waals surface area (Å²) >= 11 is 0. The fourth-order valence-electron chi connectivity index (χ4n) is 3.57. The highest BCUT2D eigenvalue weighted by Crippen LogP contribution is 2.22. The van der Waals surface area contributed by atoms with E-state index in [1.165, 1.54) is 77.7 Å². The number of likely N-dealkylation sites (tertiary alicyclic amines) is 1. The van der Waals surface area contributed by atoms with Crippen LogP contribution in [0.15, 0.2) is 0 Å². The Morgan fingerprint density at radius 1 is 1.05 bits per heavy atom. The zero-order valence-electron chi connectivity index (χ0n) is 13.0. The molecule has 0 spiro atoms. The summed E-state index contributed by atoms with van der Waals surface area (Å²) in [6.45, 7) is 6.16. The molecule has 1 heterocycles. The second-order valence-electron chi connectivity index (χ2n) is 6.72. The fourth-order valence-corrected chi connectivity index (χ4v) is 3.57. The van der Waals surface area contributed by atoms with Crippen LogP contribution in [0.1, 0.15) is 44.9 Å². The molecule has 0 aromatic heterocycles. The molecule has 0 atom stereocenters. The summed E-state index contributed by atoms with van der Waals surface area (Å²) in [5.74, 6) is 0.961. The van der Waals surface area contributed by atoms with E-state index >= 15 is 0 Å². The van der Waals surface area contributed by atoms with Gasteiger partial charge in [-0.1, -0.05) is 19.3 Å². The van der Waals surface area contributed by atoms with Crippen LogP contribution in [0.5, 0.6) is 0 Å². The third kappa shape index (κ3) is 5.41. The molecule has 0 aromatic carbocycles. The van der Waals surface area contributed by atoms with Crippen molar-refractivity contribution in [3.8, 4) is 0 Å². The molecular formula is C16H33N3. The Hall–Kier alpha value is -0.120. The van der Waals surface area contributed by atoms with Gasteiger partial charge in [0.05, 0.1) is 0 Å². The van der Waals surface area contributed by atoms with E-state index in [1.54, 1.807) is 0 Å². The van der Waals surface area contributed by atoms with Gasteiger partial charge in [-0.3, -0.25) is 0 Å². The van der Waals surface area contributed by atoms with Crippen molar-refractivity contribution in [1.29, 1.82) is 0 Å². The van der Waals surface area contributed by atoms with Crippen LogP contribution in [0.2, 0.25) is 0 Å². The van der Waals surface area contributed by atoms with Gasteiger partial charge < -0.3 is 15.1 Å². The van der Waals surface area contributed by atoms with Crippen LogP contribution in [-0.2, 0) is 0 Å². The van der Waals surface area contributed by atoms with Crippen molar-refractivity contribution in [1.82, 2.24) is 15.1 Å². The third-order valence-corrected chi connectivity index (χ3v) is 5.11. The lowest BCUT2D eigenvalue weighted by Gasteiger charge is -2.35. The molecule has 0 bridgehead atoms. The third-order valence-electron chi connectivity index (χ3n) is 5.11. The van der Waals surface area contributed by atoms with Crippen molar-refractivity contribution in [2.24, 2.45) is 5.92 Å². The van der Waals surface area contributed by atoms with E-state index in [2.05, 4.69) is 29.2 Å². The Bertz CT molecular complexity index is 230. The summed E-state index contributed by atoms with van der Waals surface area (Å²) in [6, 6.07) is 0.813. The summed E-state index contributed by atoms with van der Waals surface area (Å²) in [4.78, 5) is 5.02. The van der Waals surface area contributed by atoms with E-state index in [0.29, 0.717) is 0 Å². The lowest BCUT2D eigenvalue weighted by atomic mass is 9.89. The average molecular weight is 267 g/mol. The Morgan fingerprint density at radius 3 is 2.42 bits per heavy atom. The van der Waals surface area contributed by atoms with Gasteiger partial charge in [0.25, 0.3) is 0 Å². The van der Waals surface area contributed by atoms with Crippen LogP contribution in [-0.4, -0.2) is 62.7 Å². The first kappa shape index (κ1) is 15.3. The molecule has 1 saturated carbocycles. The van der Waals surface area contributed by atoms with Crippen molar-refractivity contribution in [2.45, 2.75) is 51.0 Å². The van der Waals surface area contributed by atoms with Gasteiger partial charge in [-0.2, -0.15) is 0 Å². The molecule has 3 nitrogen and oxygen atoms in total. The Labute approximate surface area is 119 Å². The smallest absolute Gasteiger partial charge is 0.0117 e. The molecule has 0 unspecified atom stereocenters. The molecule has 1 N–H and O–H groups in total. The van der Waals surface area contributed by atoms with Gasteiger partial charge in [0, 0.05) is 19.1 Å². The van der Waals surface area contributed by atoms with Crippen LogP contribution in [0.4, 0.5) is 0 Å². The molecule has 2 rings (SSSR count). The maximum atomic E-state index is 3.68. The minimum Gasteiger partial charge on any atom is -0.315 e. The van der Waals surface area contributed by atoms with Crippen molar-refractivity contribution in [3.05, 3.63) is 0 Å². The van der Waals surface area contributed by atoms with Gasteiger partial charge in [0.1, 0.15) is 0 Å². The second-order valence-corrected chi connectivity index (χ2v) is 6.72. The summed E-state index contributed by atoms with van der Waals surface area (Å²) < 4.78 is 0. The molecule has 1 aliphatic heterocycles. The molecular weight excluding hydrogens is 234 g/mol. The van der Waals surface area contributed by atoms with Gasteiger partial charge in [0.2, 0.25) is 0 Å². The van der Waals surface area contributed by atoms with Gasteiger partial charge in [-0.25, -0.2) is 0 Å². The van der Waals surface area contributed by atoms with Crippen LogP contribution >= 0.6 is 0 Å². The quantitative estimate of drug-likeness (QED) is 0.744. The molecule has 0 amide bonds. The molecule has 2 aliphatic rings. The van der Waals surface area contributed by atoms with Gasteiger partial charge in [-0.15, -0.1) is 0 Å². The lowest BCUT2D eigenvalue weighted by Crippen LogP contribution is -2.44. The summed E-state index contributed by atoms with van der Waals surface area (Å²) in [6.07, 6.45) is 9.99. The summed E-state index contributed by atoms with van der Waals surface area (Å²) in [7, 11) is 4.54. The van der Waals surface area contributed by atoms with Crippen molar-refractivity contribution >= 4 is 0 Å². The minimum atomic E-state index is 0.813. The van der Waals surface area contributed by atoms with E-state index in [1.807, 2.05) is 0 Å². The highest BCUT2D eigenvalue weighted by Gasteiger charge is 2.20. The number of hydrogen-bond acceptors (Lipinski definition) is 3. The Kier molecular flexibility index (Phi) is 6.62. The minimum absolute atomic E-state index is 0.813. The monoisotopic (exact) mass is 267 g/mol. The second kappa shape index (κ2) is 8.23. The first-order valence-corrected chi connectivity index (χ1v) is 8.35. The Morgan fingerprint density at radius 2 is 1.74 bits per heavy atom. The summed E-state index contributed by atoms with van der Waals surface area (Å²) in [5.41, 5.74) is 0. The topological polar surface area (TPSA) is 18.5 Å². The van der Waals surface area contributed by atoms with Crippen molar-refractivity contribution in [2.75, 3.05) is 46.8 Å². The largest absolute Gasteiger partial charge is 0.315 e. The molecule has 0 aromatic rings. The van der Waals surface area contributed by atoms with Crippen molar-refractivity contribution < 1.29 is 0 Å². The molecule has 2 fully saturated rings. The van der Waals surface area contributed by atoms with E-state index in [9.17, 15) is 0 Å². The first-order chi connectivity index (χ1) is 9.25. The van der Waals surface area contributed by atoms with E-state index in [-0.39, 0.29) is 0 Å². The highest BCUT2D eigenvalue weighted by atomic mass is 15.2. The predicted octanol–water partition coefficient (Wildman–Crippen LogP) is 2.18. The van der Waals surface area contributed by atoms with Gasteiger partial charge in [-0.05, 0) is 65.3 Å². The van der Waals surface area contributed by atoms with E-state index in [0.717, 1.165) is 12.0 Å². The van der Waals surface area contributed by atoms with Crippen LogP contribution in [0, 0.1) is 5.92 Å². The zero-order chi connectivity index (χ0) is 13.5. The maximum absolute atomic E-state index is 3.68.